The molecule has 0 heterocycles. The molecule has 0 fully saturated rings. The zero-order valence-electron chi connectivity index (χ0n) is 10.1. The fourth-order valence-electron chi connectivity index (χ4n) is 1.65. The molecule has 0 saturated heterocycles. The van der Waals surface area contributed by atoms with Crippen molar-refractivity contribution < 1.29 is 4.74 Å². The maximum Gasteiger partial charge on any atom is 0.119 e. The Balaban J connectivity index is 2.06. The zero-order chi connectivity index (χ0) is 13.0. The molecule has 0 aromatic heterocycles. The molecule has 0 N–H and O–H groups in total. The highest BCUT2D eigenvalue weighted by Crippen LogP contribution is 2.25. The molecule has 94 valence electrons. The van der Waals surface area contributed by atoms with E-state index >= 15 is 0 Å². The molecule has 0 spiro atoms. The summed E-state index contributed by atoms with van der Waals surface area (Å²) in [4.78, 5) is 0. The third kappa shape index (κ3) is 3.18. The van der Waals surface area contributed by atoms with Crippen LogP contribution in [-0.2, 0) is 13.0 Å². The SMILES string of the molecule is CCc1ccc(OCc2c(Cl)cccc2Cl)cc1. The molecule has 18 heavy (non-hydrogen) atoms. The van der Waals surface area contributed by atoms with Crippen LogP contribution in [0.15, 0.2) is 42.5 Å². The van der Waals surface area contributed by atoms with E-state index < -0.39 is 0 Å². The molecule has 0 bridgehead atoms. The molecule has 0 atom stereocenters. The van der Waals surface area contributed by atoms with Crippen LogP contribution in [0.2, 0.25) is 10.0 Å². The van der Waals surface area contributed by atoms with E-state index in [1.807, 2.05) is 30.3 Å². The average Bonchev–Trinajstić information content (AvgIpc) is 2.39. The number of hydrogen-bond donors (Lipinski definition) is 0. The minimum absolute atomic E-state index is 0.379. The number of aryl methyl sites for hydroxylation is 1. The van der Waals surface area contributed by atoms with Crippen LogP contribution < -0.4 is 4.74 Å². The van der Waals surface area contributed by atoms with Crippen molar-refractivity contribution in [2.75, 3.05) is 0 Å². The summed E-state index contributed by atoms with van der Waals surface area (Å²) >= 11 is 12.2. The van der Waals surface area contributed by atoms with Crippen LogP contribution in [0.3, 0.4) is 0 Å². The van der Waals surface area contributed by atoms with Crippen LogP contribution in [0.4, 0.5) is 0 Å². The molecule has 2 aromatic carbocycles. The standard InChI is InChI=1S/C15H14Cl2O/c1-2-11-6-8-12(9-7-11)18-10-13-14(16)4-3-5-15(13)17/h3-9H,2,10H2,1H3. The third-order valence-electron chi connectivity index (χ3n) is 2.78. The van der Waals surface area contributed by atoms with Gasteiger partial charge in [0, 0.05) is 15.6 Å². The number of hydrogen-bond acceptors (Lipinski definition) is 1. The van der Waals surface area contributed by atoms with Gasteiger partial charge in [0.2, 0.25) is 0 Å². The number of ether oxygens (including phenoxy) is 1. The summed E-state index contributed by atoms with van der Waals surface area (Å²) in [5.41, 5.74) is 2.11. The largest absolute Gasteiger partial charge is 0.489 e. The van der Waals surface area contributed by atoms with Crippen molar-refractivity contribution in [1.82, 2.24) is 0 Å². The van der Waals surface area contributed by atoms with Gasteiger partial charge in [-0.3, -0.25) is 0 Å². The van der Waals surface area contributed by atoms with Crippen molar-refractivity contribution in [3.05, 3.63) is 63.6 Å². The maximum atomic E-state index is 6.08. The molecule has 0 saturated carbocycles. The summed E-state index contributed by atoms with van der Waals surface area (Å²) in [7, 11) is 0. The predicted octanol–water partition coefficient (Wildman–Crippen LogP) is 5.13. The van der Waals surface area contributed by atoms with Gasteiger partial charge in [-0.15, -0.1) is 0 Å². The highest BCUT2D eigenvalue weighted by molar-refractivity contribution is 6.35. The first-order valence-corrected chi connectivity index (χ1v) is 6.61. The summed E-state index contributed by atoms with van der Waals surface area (Å²) in [5, 5.41) is 1.26. The lowest BCUT2D eigenvalue weighted by Crippen LogP contribution is -1.97. The summed E-state index contributed by atoms with van der Waals surface area (Å²) in [6, 6.07) is 13.5. The molecule has 0 amide bonds. The van der Waals surface area contributed by atoms with Gasteiger partial charge < -0.3 is 4.74 Å². The molecule has 0 unspecified atom stereocenters. The van der Waals surface area contributed by atoms with Crippen LogP contribution in [-0.4, -0.2) is 0 Å². The van der Waals surface area contributed by atoms with Crippen LogP contribution >= 0.6 is 23.2 Å². The Morgan fingerprint density at radius 3 is 2.11 bits per heavy atom. The fourth-order valence-corrected chi connectivity index (χ4v) is 2.15. The second-order valence-electron chi connectivity index (χ2n) is 3.99. The highest BCUT2D eigenvalue weighted by Gasteiger charge is 2.06. The molecule has 0 aliphatic rings. The normalized spacial score (nSPS) is 10.4. The van der Waals surface area contributed by atoms with E-state index in [1.165, 1.54) is 5.56 Å². The Morgan fingerprint density at radius 1 is 0.944 bits per heavy atom. The number of benzene rings is 2. The minimum atomic E-state index is 0.379. The van der Waals surface area contributed by atoms with Gasteiger partial charge >= 0.3 is 0 Å². The quantitative estimate of drug-likeness (QED) is 0.754. The zero-order valence-corrected chi connectivity index (χ0v) is 11.6. The topological polar surface area (TPSA) is 9.23 Å². The smallest absolute Gasteiger partial charge is 0.119 e. The van der Waals surface area contributed by atoms with Gasteiger partial charge in [-0.25, -0.2) is 0 Å². The molecule has 2 rings (SSSR count). The molecule has 0 aliphatic carbocycles. The first-order valence-electron chi connectivity index (χ1n) is 5.85. The van der Waals surface area contributed by atoms with Gasteiger partial charge in [-0.05, 0) is 36.2 Å². The van der Waals surface area contributed by atoms with Crippen LogP contribution in [0, 0.1) is 0 Å². The lowest BCUT2D eigenvalue weighted by molar-refractivity contribution is 0.306. The van der Waals surface area contributed by atoms with Crippen LogP contribution in [0.5, 0.6) is 5.75 Å². The minimum Gasteiger partial charge on any atom is -0.489 e. The Labute approximate surface area is 117 Å². The van der Waals surface area contributed by atoms with Crippen molar-refractivity contribution in [2.24, 2.45) is 0 Å². The second kappa shape index (κ2) is 6.12. The highest BCUT2D eigenvalue weighted by atomic mass is 35.5. The summed E-state index contributed by atoms with van der Waals surface area (Å²) in [5.74, 6) is 0.822. The molecular weight excluding hydrogens is 267 g/mol. The number of halogens is 2. The molecule has 1 nitrogen and oxygen atoms in total. The van der Waals surface area contributed by atoms with Gasteiger partial charge in [0.1, 0.15) is 12.4 Å². The van der Waals surface area contributed by atoms with Crippen molar-refractivity contribution in [3.63, 3.8) is 0 Å². The van der Waals surface area contributed by atoms with E-state index in [9.17, 15) is 0 Å². The van der Waals surface area contributed by atoms with Gasteiger partial charge in [0.05, 0.1) is 0 Å². The third-order valence-corrected chi connectivity index (χ3v) is 3.48. The average molecular weight is 281 g/mol. The molecule has 0 aliphatic heterocycles. The lowest BCUT2D eigenvalue weighted by atomic mass is 10.2. The summed E-state index contributed by atoms with van der Waals surface area (Å²) < 4.78 is 5.68. The van der Waals surface area contributed by atoms with Crippen molar-refractivity contribution in [3.8, 4) is 5.75 Å². The second-order valence-corrected chi connectivity index (χ2v) is 4.80. The Bertz CT molecular complexity index is 500. The van der Waals surface area contributed by atoms with Gasteiger partial charge in [0.15, 0.2) is 0 Å². The predicted molar refractivity (Wildman–Crippen MR) is 76.6 cm³/mol. The van der Waals surface area contributed by atoms with E-state index in [0.717, 1.165) is 17.7 Å². The first kappa shape index (κ1) is 13.3. The summed E-state index contributed by atoms with van der Waals surface area (Å²) in [6.45, 7) is 2.50. The molecule has 0 radical (unpaired) electrons. The Kier molecular flexibility index (Phi) is 4.51. The van der Waals surface area contributed by atoms with E-state index in [1.54, 1.807) is 0 Å². The Hall–Kier alpha value is -1.18. The fraction of sp³-hybridized carbons (Fsp3) is 0.200. The first-order chi connectivity index (χ1) is 8.70. The van der Waals surface area contributed by atoms with Crippen LogP contribution in [0.1, 0.15) is 18.1 Å². The van der Waals surface area contributed by atoms with E-state index in [-0.39, 0.29) is 0 Å². The van der Waals surface area contributed by atoms with Gasteiger partial charge in [0.25, 0.3) is 0 Å². The number of rotatable bonds is 4. The molecular formula is C15H14Cl2O. The van der Waals surface area contributed by atoms with Gasteiger partial charge in [-0.2, -0.15) is 0 Å². The molecule has 2 aromatic rings. The Morgan fingerprint density at radius 2 is 1.56 bits per heavy atom. The van der Waals surface area contributed by atoms with E-state index in [0.29, 0.717) is 16.7 Å². The van der Waals surface area contributed by atoms with Crippen molar-refractivity contribution in [2.45, 2.75) is 20.0 Å². The maximum absolute atomic E-state index is 6.08. The van der Waals surface area contributed by atoms with Crippen molar-refractivity contribution in [1.29, 1.82) is 0 Å². The van der Waals surface area contributed by atoms with Crippen LogP contribution in [0.25, 0.3) is 0 Å². The van der Waals surface area contributed by atoms with E-state index in [2.05, 4.69) is 19.1 Å². The van der Waals surface area contributed by atoms with E-state index in [4.69, 9.17) is 27.9 Å². The monoisotopic (exact) mass is 280 g/mol. The van der Waals surface area contributed by atoms with Crippen molar-refractivity contribution >= 4 is 23.2 Å². The molecule has 3 heteroatoms. The summed E-state index contributed by atoms with van der Waals surface area (Å²) in [6.07, 6.45) is 1.02. The van der Waals surface area contributed by atoms with Gasteiger partial charge in [-0.1, -0.05) is 48.3 Å². The lowest BCUT2D eigenvalue weighted by Gasteiger charge is -2.09.